The molecule has 0 amide bonds. The summed E-state index contributed by atoms with van der Waals surface area (Å²) in [6.45, 7) is 2.12. The van der Waals surface area contributed by atoms with Crippen LogP contribution in [0.3, 0.4) is 0 Å². The summed E-state index contributed by atoms with van der Waals surface area (Å²) < 4.78 is 39.4. The van der Waals surface area contributed by atoms with E-state index in [0.29, 0.717) is 23.4 Å². The first kappa shape index (κ1) is 18.5. The maximum absolute atomic E-state index is 13.1. The molecule has 0 spiro atoms. The number of nitrogens with zero attached hydrogens (tertiary/aromatic N) is 2. The minimum atomic E-state index is -4.37. The van der Waals surface area contributed by atoms with Crippen LogP contribution in [0.25, 0.3) is 5.70 Å². The van der Waals surface area contributed by atoms with E-state index in [1.807, 2.05) is 12.3 Å². The Morgan fingerprint density at radius 2 is 2.10 bits per heavy atom. The normalized spacial score (nSPS) is 28.1. The number of nitrogens with one attached hydrogen (secondary N) is 1. The van der Waals surface area contributed by atoms with E-state index < -0.39 is 17.3 Å². The average Bonchev–Trinajstić information content (AvgIpc) is 3.18. The fraction of sp³-hybridized carbons (Fsp3) is 0.318. The summed E-state index contributed by atoms with van der Waals surface area (Å²) in [6, 6.07) is 9.44. The highest BCUT2D eigenvalue weighted by molar-refractivity contribution is 7.11. The summed E-state index contributed by atoms with van der Waals surface area (Å²) in [5.74, 6) is 1.80. The lowest BCUT2D eigenvalue weighted by Gasteiger charge is -2.44. The summed E-state index contributed by atoms with van der Waals surface area (Å²) in [7, 11) is 0. The zero-order chi connectivity index (χ0) is 20.2. The van der Waals surface area contributed by atoms with Crippen LogP contribution in [0.15, 0.2) is 65.2 Å². The minimum Gasteiger partial charge on any atom is -0.342 e. The lowest BCUT2D eigenvalue weighted by molar-refractivity contribution is -0.137. The molecule has 1 fully saturated rings. The van der Waals surface area contributed by atoms with Crippen LogP contribution in [0.4, 0.5) is 18.9 Å². The Bertz CT molecular complexity index is 1020. The van der Waals surface area contributed by atoms with Crippen molar-refractivity contribution in [3.63, 3.8) is 0 Å². The van der Waals surface area contributed by atoms with Crippen molar-refractivity contribution >= 4 is 28.6 Å². The number of halogens is 3. The maximum atomic E-state index is 13.1. The standard InChI is InChI=1S/C22H20F3N3S/c1-21-13-15-10-14(15)11-18(19-6-3-9-29-19)28(21)8-7-26-20(21)27-17-5-2-4-16(12-17)22(23,24)25/h2-9,11-12,14-15H,10,13H2,1H3,(H,26,27). The molecule has 1 N–H and O–H groups in total. The van der Waals surface area contributed by atoms with Gasteiger partial charge in [0.1, 0.15) is 5.84 Å². The van der Waals surface area contributed by atoms with Gasteiger partial charge in [-0.1, -0.05) is 18.2 Å². The second-order valence-corrected chi connectivity index (χ2v) is 8.96. The van der Waals surface area contributed by atoms with E-state index in [1.165, 1.54) is 10.9 Å². The number of allylic oxidation sites excluding steroid dienone is 1. The van der Waals surface area contributed by atoms with Crippen molar-refractivity contribution in [2.75, 3.05) is 5.32 Å². The molecule has 5 rings (SSSR count). The first-order chi connectivity index (χ1) is 13.8. The third kappa shape index (κ3) is 3.27. The molecule has 0 radical (unpaired) electrons. The average molecular weight is 415 g/mol. The van der Waals surface area contributed by atoms with Crippen LogP contribution in [0.2, 0.25) is 0 Å². The number of alkyl halides is 3. The van der Waals surface area contributed by atoms with Crippen molar-refractivity contribution in [1.82, 2.24) is 4.90 Å². The highest BCUT2D eigenvalue weighted by atomic mass is 32.1. The molecule has 29 heavy (non-hydrogen) atoms. The molecule has 2 aromatic rings. The molecule has 1 saturated carbocycles. The molecule has 150 valence electrons. The highest BCUT2D eigenvalue weighted by Gasteiger charge is 2.50. The zero-order valence-electron chi connectivity index (χ0n) is 15.8. The third-order valence-electron chi connectivity index (χ3n) is 5.96. The smallest absolute Gasteiger partial charge is 0.342 e. The number of hydrogen-bond acceptors (Lipinski definition) is 4. The number of benzene rings is 1. The van der Waals surface area contributed by atoms with Gasteiger partial charge in [0.15, 0.2) is 0 Å². The minimum absolute atomic E-state index is 0.397. The monoisotopic (exact) mass is 415 g/mol. The molecule has 1 aromatic heterocycles. The maximum Gasteiger partial charge on any atom is 0.416 e. The Morgan fingerprint density at radius 3 is 2.86 bits per heavy atom. The summed E-state index contributed by atoms with van der Waals surface area (Å²) in [5, 5.41) is 5.26. The first-order valence-corrected chi connectivity index (χ1v) is 10.5. The molecule has 0 saturated heterocycles. The van der Waals surface area contributed by atoms with E-state index >= 15 is 0 Å². The molecular weight excluding hydrogens is 395 g/mol. The Balaban J connectivity index is 1.51. The highest BCUT2D eigenvalue weighted by Crippen LogP contribution is 2.53. The van der Waals surface area contributed by atoms with Crippen LogP contribution in [-0.2, 0) is 6.18 Å². The molecular formula is C22H20F3N3S. The van der Waals surface area contributed by atoms with E-state index in [0.717, 1.165) is 30.7 Å². The first-order valence-electron chi connectivity index (χ1n) is 9.59. The van der Waals surface area contributed by atoms with Crippen molar-refractivity contribution in [3.8, 4) is 0 Å². The van der Waals surface area contributed by atoms with Gasteiger partial charge in [-0.3, -0.25) is 0 Å². The zero-order valence-corrected chi connectivity index (χ0v) is 16.6. The van der Waals surface area contributed by atoms with Gasteiger partial charge in [0.05, 0.1) is 21.7 Å². The number of hydrogen-bond donors (Lipinski definition) is 1. The van der Waals surface area contributed by atoms with Crippen molar-refractivity contribution in [2.45, 2.75) is 31.5 Å². The molecule has 3 aliphatic rings. The second kappa shape index (κ2) is 6.49. The van der Waals surface area contributed by atoms with Crippen molar-refractivity contribution < 1.29 is 13.2 Å². The predicted octanol–water partition coefficient (Wildman–Crippen LogP) is 6.20. The molecule has 7 heteroatoms. The molecule has 1 aromatic carbocycles. The van der Waals surface area contributed by atoms with Gasteiger partial charge in [0, 0.05) is 18.1 Å². The summed E-state index contributed by atoms with van der Waals surface area (Å²) in [5.41, 5.74) is 0.434. The van der Waals surface area contributed by atoms with E-state index in [9.17, 15) is 13.2 Å². The summed E-state index contributed by atoms with van der Waals surface area (Å²) in [6.07, 6.45) is 3.72. The van der Waals surface area contributed by atoms with E-state index in [1.54, 1.807) is 23.6 Å². The number of thiophene rings is 1. The van der Waals surface area contributed by atoms with Crippen molar-refractivity contribution in [2.24, 2.45) is 16.8 Å². The lowest BCUT2D eigenvalue weighted by Crippen LogP contribution is -2.53. The van der Waals surface area contributed by atoms with Crippen LogP contribution < -0.4 is 5.32 Å². The van der Waals surface area contributed by atoms with Gasteiger partial charge in [0.2, 0.25) is 0 Å². The van der Waals surface area contributed by atoms with Gasteiger partial charge >= 0.3 is 6.18 Å². The molecule has 1 aliphatic carbocycles. The topological polar surface area (TPSA) is 27.6 Å². The molecule has 3 unspecified atom stereocenters. The Hall–Kier alpha value is -2.54. The van der Waals surface area contributed by atoms with Crippen LogP contribution in [0.5, 0.6) is 0 Å². The molecule has 2 aliphatic heterocycles. The fourth-order valence-corrected chi connectivity index (χ4v) is 5.09. The van der Waals surface area contributed by atoms with Crippen LogP contribution in [-0.4, -0.2) is 16.3 Å². The van der Waals surface area contributed by atoms with E-state index in [2.05, 4.69) is 39.7 Å². The van der Waals surface area contributed by atoms with Gasteiger partial charge in [-0.05, 0) is 61.2 Å². The van der Waals surface area contributed by atoms with Gasteiger partial charge in [-0.2, -0.15) is 13.2 Å². The molecule has 3 heterocycles. The number of anilines is 1. The van der Waals surface area contributed by atoms with Crippen LogP contribution in [0.1, 0.15) is 30.2 Å². The third-order valence-corrected chi connectivity index (χ3v) is 6.85. The molecule has 3 atom stereocenters. The van der Waals surface area contributed by atoms with Crippen LogP contribution in [0, 0.1) is 11.8 Å². The van der Waals surface area contributed by atoms with Crippen LogP contribution >= 0.6 is 11.3 Å². The summed E-state index contributed by atoms with van der Waals surface area (Å²) >= 11 is 1.69. The number of aliphatic imine (C=N–C) groups is 1. The SMILES string of the molecule is CC12CC3CC3C=C(c3cccs3)N1C=CN=C2Nc1cccc(C(F)(F)F)c1. The number of amidine groups is 1. The van der Waals surface area contributed by atoms with E-state index in [4.69, 9.17) is 0 Å². The lowest BCUT2D eigenvalue weighted by atomic mass is 9.89. The predicted molar refractivity (Wildman–Crippen MR) is 110 cm³/mol. The van der Waals surface area contributed by atoms with Gasteiger partial charge in [0.25, 0.3) is 0 Å². The molecule has 0 bridgehead atoms. The van der Waals surface area contributed by atoms with Crippen molar-refractivity contribution in [1.29, 1.82) is 0 Å². The fourth-order valence-electron chi connectivity index (χ4n) is 4.34. The largest absolute Gasteiger partial charge is 0.416 e. The molecule has 3 nitrogen and oxygen atoms in total. The van der Waals surface area contributed by atoms with E-state index in [-0.39, 0.29) is 0 Å². The quantitative estimate of drug-likeness (QED) is 0.632. The number of fused-ring (bicyclic) bond motifs is 2. The Kier molecular flexibility index (Phi) is 4.13. The Labute approximate surface area is 171 Å². The Morgan fingerprint density at radius 1 is 1.24 bits per heavy atom. The second-order valence-electron chi connectivity index (χ2n) is 8.02. The van der Waals surface area contributed by atoms with Crippen molar-refractivity contribution in [3.05, 3.63) is 70.7 Å². The van der Waals surface area contributed by atoms with Gasteiger partial charge in [-0.15, -0.1) is 11.3 Å². The van der Waals surface area contributed by atoms with Gasteiger partial charge in [-0.25, -0.2) is 4.99 Å². The van der Waals surface area contributed by atoms with Gasteiger partial charge < -0.3 is 10.2 Å². The number of rotatable bonds is 2. The summed E-state index contributed by atoms with van der Waals surface area (Å²) in [4.78, 5) is 7.98.